The number of halogens is 4. The van der Waals surface area contributed by atoms with Crippen LogP contribution in [0.1, 0.15) is 5.56 Å². The first-order valence-corrected chi connectivity index (χ1v) is 3.64. The van der Waals surface area contributed by atoms with Gasteiger partial charge in [0.1, 0.15) is 0 Å². The van der Waals surface area contributed by atoms with Gasteiger partial charge in [-0.2, -0.15) is 0 Å². The first-order chi connectivity index (χ1) is 5.55. The standard InChI is InChI=1S/C8H6ClF3/c9-8(12,7(10)11)6-4-2-1-3-5-6/h1-5,7H. The van der Waals surface area contributed by atoms with Crippen molar-refractivity contribution < 1.29 is 13.2 Å². The topological polar surface area (TPSA) is 0 Å². The third kappa shape index (κ3) is 1.72. The van der Waals surface area contributed by atoms with Crippen molar-refractivity contribution in [3.8, 4) is 0 Å². The molecule has 0 aromatic heterocycles. The van der Waals surface area contributed by atoms with Crippen molar-refractivity contribution >= 4 is 11.6 Å². The van der Waals surface area contributed by atoms with E-state index < -0.39 is 11.6 Å². The molecule has 66 valence electrons. The van der Waals surface area contributed by atoms with Crippen LogP contribution in [0.4, 0.5) is 13.2 Å². The van der Waals surface area contributed by atoms with Crippen molar-refractivity contribution in [1.82, 2.24) is 0 Å². The molecule has 0 bridgehead atoms. The number of rotatable bonds is 2. The Morgan fingerprint density at radius 1 is 1.17 bits per heavy atom. The van der Waals surface area contributed by atoms with Gasteiger partial charge in [0.2, 0.25) is 0 Å². The first-order valence-electron chi connectivity index (χ1n) is 3.26. The maximum absolute atomic E-state index is 13.0. The molecular formula is C8H6ClF3. The average molecular weight is 195 g/mol. The largest absolute Gasteiger partial charge is 0.290 e. The molecule has 4 heteroatoms. The van der Waals surface area contributed by atoms with Crippen LogP contribution in [0.25, 0.3) is 0 Å². The molecule has 1 rings (SSSR count). The summed E-state index contributed by atoms with van der Waals surface area (Å²) in [5.41, 5.74) is -0.221. The fraction of sp³-hybridized carbons (Fsp3) is 0.250. The summed E-state index contributed by atoms with van der Waals surface area (Å²) in [5.74, 6) is 0. The van der Waals surface area contributed by atoms with Crippen molar-refractivity contribution in [3.63, 3.8) is 0 Å². The molecule has 0 saturated carbocycles. The summed E-state index contributed by atoms with van der Waals surface area (Å²) in [6.45, 7) is 0. The van der Waals surface area contributed by atoms with E-state index in [1.807, 2.05) is 0 Å². The highest BCUT2D eigenvalue weighted by Gasteiger charge is 2.39. The number of alkyl halides is 4. The van der Waals surface area contributed by atoms with E-state index in [0.29, 0.717) is 0 Å². The molecule has 1 aromatic carbocycles. The summed E-state index contributed by atoms with van der Waals surface area (Å²) in [4.78, 5) is 0. The van der Waals surface area contributed by atoms with Crippen LogP contribution >= 0.6 is 11.6 Å². The van der Waals surface area contributed by atoms with Gasteiger partial charge in [0.05, 0.1) is 0 Å². The van der Waals surface area contributed by atoms with Crippen molar-refractivity contribution in [3.05, 3.63) is 35.9 Å². The molecule has 0 heterocycles. The van der Waals surface area contributed by atoms with E-state index in [4.69, 9.17) is 11.6 Å². The average Bonchev–Trinajstić information content (AvgIpc) is 2.06. The first kappa shape index (κ1) is 9.39. The summed E-state index contributed by atoms with van der Waals surface area (Å²) >= 11 is 4.98. The van der Waals surface area contributed by atoms with Gasteiger partial charge in [0, 0.05) is 5.56 Å². The number of hydrogen-bond acceptors (Lipinski definition) is 0. The predicted octanol–water partition coefficient (Wildman–Crippen LogP) is 3.31. The van der Waals surface area contributed by atoms with E-state index in [0.717, 1.165) is 0 Å². The van der Waals surface area contributed by atoms with Crippen molar-refractivity contribution in [2.45, 2.75) is 11.6 Å². The number of hydrogen-bond donors (Lipinski definition) is 0. The van der Waals surface area contributed by atoms with Gasteiger partial charge in [-0.1, -0.05) is 41.9 Å². The van der Waals surface area contributed by atoms with Gasteiger partial charge in [-0.05, 0) is 0 Å². The minimum atomic E-state index is -3.22. The Kier molecular flexibility index (Phi) is 2.62. The highest BCUT2D eigenvalue weighted by atomic mass is 35.5. The normalized spacial score (nSPS) is 16.1. The van der Waals surface area contributed by atoms with Crippen LogP contribution in [0.15, 0.2) is 30.3 Å². The van der Waals surface area contributed by atoms with E-state index >= 15 is 0 Å². The van der Waals surface area contributed by atoms with Crippen molar-refractivity contribution in [2.24, 2.45) is 0 Å². The summed E-state index contributed by atoms with van der Waals surface area (Å²) in [5, 5.41) is -3.07. The maximum atomic E-state index is 13.0. The second kappa shape index (κ2) is 3.35. The molecule has 12 heavy (non-hydrogen) atoms. The van der Waals surface area contributed by atoms with E-state index in [1.165, 1.54) is 24.3 Å². The highest BCUT2D eigenvalue weighted by Crippen LogP contribution is 2.36. The van der Waals surface area contributed by atoms with Crippen LogP contribution in [0.3, 0.4) is 0 Å². The molecule has 0 spiro atoms. The van der Waals surface area contributed by atoms with Gasteiger partial charge in [-0.3, -0.25) is 0 Å². The second-order valence-electron chi connectivity index (χ2n) is 2.29. The zero-order valence-electron chi connectivity index (χ0n) is 5.98. The van der Waals surface area contributed by atoms with Crippen LogP contribution in [0.2, 0.25) is 0 Å². The Balaban J connectivity index is 2.98. The van der Waals surface area contributed by atoms with Gasteiger partial charge in [0.25, 0.3) is 11.6 Å². The number of benzene rings is 1. The Morgan fingerprint density at radius 2 is 1.67 bits per heavy atom. The highest BCUT2D eigenvalue weighted by molar-refractivity contribution is 6.23. The third-order valence-electron chi connectivity index (χ3n) is 1.43. The lowest BCUT2D eigenvalue weighted by Crippen LogP contribution is -2.21. The summed E-state index contributed by atoms with van der Waals surface area (Å²) < 4.78 is 36.9. The lowest BCUT2D eigenvalue weighted by atomic mass is 10.1. The van der Waals surface area contributed by atoms with E-state index in [9.17, 15) is 13.2 Å². The molecule has 0 fully saturated rings. The molecule has 1 aromatic rings. The fourth-order valence-electron chi connectivity index (χ4n) is 0.786. The van der Waals surface area contributed by atoms with Crippen LogP contribution < -0.4 is 0 Å². The van der Waals surface area contributed by atoms with Gasteiger partial charge < -0.3 is 0 Å². The molecule has 0 amide bonds. The maximum Gasteiger partial charge on any atom is 0.290 e. The summed E-state index contributed by atoms with van der Waals surface area (Å²) in [6.07, 6.45) is -3.22. The van der Waals surface area contributed by atoms with Crippen molar-refractivity contribution in [2.75, 3.05) is 0 Å². The van der Waals surface area contributed by atoms with E-state index in [-0.39, 0.29) is 5.56 Å². The van der Waals surface area contributed by atoms with E-state index in [2.05, 4.69) is 0 Å². The van der Waals surface area contributed by atoms with Crippen molar-refractivity contribution in [1.29, 1.82) is 0 Å². The quantitative estimate of drug-likeness (QED) is 0.634. The SMILES string of the molecule is FC(F)C(F)(Cl)c1ccccc1. The van der Waals surface area contributed by atoms with Crippen LogP contribution in [-0.4, -0.2) is 6.43 Å². The molecule has 0 radical (unpaired) electrons. The van der Waals surface area contributed by atoms with Crippen LogP contribution in [-0.2, 0) is 5.13 Å². The summed E-state index contributed by atoms with van der Waals surface area (Å²) in [7, 11) is 0. The molecule has 0 aliphatic rings. The van der Waals surface area contributed by atoms with Crippen LogP contribution in [0, 0.1) is 0 Å². The van der Waals surface area contributed by atoms with Gasteiger partial charge >= 0.3 is 0 Å². The predicted molar refractivity (Wildman–Crippen MR) is 41.1 cm³/mol. The van der Waals surface area contributed by atoms with E-state index in [1.54, 1.807) is 6.07 Å². The van der Waals surface area contributed by atoms with Crippen LogP contribution in [0.5, 0.6) is 0 Å². The lowest BCUT2D eigenvalue weighted by molar-refractivity contribution is 0.0196. The molecule has 0 aliphatic carbocycles. The monoisotopic (exact) mass is 194 g/mol. The molecule has 1 unspecified atom stereocenters. The second-order valence-corrected chi connectivity index (χ2v) is 2.84. The fourth-order valence-corrected chi connectivity index (χ4v) is 0.912. The third-order valence-corrected chi connectivity index (χ3v) is 1.82. The Labute approximate surface area is 73.0 Å². The minimum Gasteiger partial charge on any atom is -0.214 e. The molecule has 0 N–H and O–H groups in total. The van der Waals surface area contributed by atoms with Gasteiger partial charge in [0.15, 0.2) is 0 Å². The van der Waals surface area contributed by atoms with Gasteiger partial charge in [-0.25, -0.2) is 13.2 Å². The minimum absolute atomic E-state index is 0.221. The Bertz CT molecular complexity index is 246. The molecule has 1 atom stereocenters. The molecule has 0 saturated heterocycles. The molecular weight excluding hydrogens is 189 g/mol. The lowest BCUT2D eigenvalue weighted by Gasteiger charge is -2.16. The zero-order chi connectivity index (χ0) is 9.19. The Morgan fingerprint density at radius 3 is 2.08 bits per heavy atom. The summed E-state index contributed by atoms with van der Waals surface area (Å²) in [6, 6.07) is 6.95. The Hall–Kier alpha value is -0.700. The molecule has 0 aliphatic heterocycles. The smallest absolute Gasteiger partial charge is 0.214 e. The zero-order valence-corrected chi connectivity index (χ0v) is 6.73. The van der Waals surface area contributed by atoms with Gasteiger partial charge in [-0.15, -0.1) is 0 Å². The molecule has 0 nitrogen and oxygen atoms in total.